The van der Waals surface area contributed by atoms with Gasteiger partial charge in [-0.05, 0) is 18.4 Å². The van der Waals surface area contributed by atoms with Crippen molar-refractivity contribution in [1.29, 1.82) is 0 Å². The van der Waals surface area contributed by atoms with Gasteiger partial charge in [-0.1, -0.05) is 30.3 Å². The third kappa shape index (κ3) is 4.09. The van der Waals surface area contributed by atoms with Gasteiger partial charge in [0.15, 0.2) is 5.13 Å². The van der Waals surface area contributed by atoms with Gasteiger partial charge in [0.1, 0.15) is 6.04 Å². The van der Waals surface area contributed by atoms with E-state index in [2.05, 4.69) is 15.2 Å². The SMILES string of the molecule is O=C(NC[C@@H](O)Cc1ccccc1)[C@@H]1CCCN1c1nccs1. The number of nitrogens with one attached hydrogen (secondary N) is 1. The van der Waals surface area contributed by atoms with E-state index in [1.54, 1.807) is 17.5 Å². The van der Waals surface area contributed by atoms with E-state index in [4.69, 9.17) is 0 Å². The molecule has 6 heteroatoms. The fourth-order valence-electron chi connectivity index (χ4n) is 2.92. The van der Waals surface area contributed by atoms with Crippen LogP contribution in [0.3, 0.4) is 0 Å². The fourth-order valence-corrected chi connectivity index (χ4v) is 3.64. The van der Waals surface area contributed by atoms with Crippen LogP contribution in [0, 0.1) is 0 Å². The molecule has 2 N–H and O–H groups in total. The molecule has 3 rings (SSSR count). The van der Waals surface area contributed by atoms with Crippen LogP contribution in [0.15, 0.2) is 41.9 Å². The predicted octanol–water partition coefficient (Wildman–Crippen LogP) is 1.83. The normalized spacial score (nSPS) is 18.8. The van der Waals surface area contributed by atoms with Gasteiger partial charge < -0.3 is 15.3 Å². The highest BCUT2D eigenvalue weighted by Crippen LogP contribution is 2.27. The number of carbonyl (C=O) groups is 1. The summed E-state index contributed by atoms with van der Waals surface area (Å²) in [6.07, 6.45) is 3.56. The summed E-state index contributed by atoms with van der Waals surface area (Å²) in [5, 5.41) is 15.8. The lowest BCUT2D eigenvalue weighted by Gasteiger charge is -2.23. The van der Waals surface area contributed by atoms with Crippen LogP contribution in [-0.2, 0) is 11.2 Å². The summed E-state index contributed by atoms with van der Waals surface area (Å²) in [6, 6.07) is 9.63. The maximum absolute atomic E-state index is 12.4. The molecule has 0 aliphatic carbocycles. The molecule has 1 saturated heterocycles. The van der Waals surface area contributed by atoms with Gasteiger partial charge in [-0.15, -0.1) is 11.3 Å². The first-order chi connectivity index (χ1) is 11.2. The lowest BCUT2D eigenvalue weighted by molar-refractivity contribution is -0.122. The Balaban J connectivity index is 1.51. The van der Waals surface area contributed by atoms with Crippen LogP contribution in [0.4, 0.5) is 5.13 Å². The average molecular weight is 331 g/mol. The lowest BCUT2D eigenvalue weighted by atomic mass is 10.1. The van der Waals surface area contributed by atoms with Crippen molar-refractivity contribution < 1.29 is 9.90 Å². The molecule has 1 aliphatic heterocycles. The Morgan fingerprint density at radius 1 is 1.43 bits per heavy atom. The van der Waals surface area contributed by atoms with Gasteiger partial charge in [0, 0.05) is 31.1 Å². The molecule has 1 fully saturated rings. The van der Waals surface area contributed by atoms with Crippen LogP contribution in [0.25, 0.3) is 0 Å². The molecule has 1 aromatic heterocycles. The molecule has 23 heavy (non-hydrogen) atoms. The number of hydrogen-bond donors (Lipinski definition) is 2. The summed E-state index contributed by atoms with van der Waals surface area (Å²) >= 11 is 1.55. The van der Waals surface area contributed by atoms with Crippen LogP contribution in [0.2, 0.25) is 0 Å². The maximum atomic E-state index is 12.4. The lowest BCUT2D eigenvalue weighted by Crippen LogP contribution is -2.45. The molecule has 1 amide bonds. The number of aromatic nitrogens is 1. The zero-order valence-corrected chi connectivity index (χ0v) is 13.7. The van der Waals surface area contributed by atoms with Gasteiger partial charge in [-0.3, -0.25) is 4.79 Å². The number of anilines is 1. The molecule has 5 nitrogen and oxygen atoms in total. The van der Waals surface area contributed by atoms with E-state index in [1.165, 1.54) is 0 Å². The number of rotatable bonds is 6. The second-order valence-electron chi connectivity index (χ2n) is 5.75. The van der Waals surface area contributed by atoms with Gasteiger partial charge in [0.25, 0.3) is 0 Å². The summed E-state index contributed by atoms with van der Waals surface area (Å²) in [7, 11) is 0. The van der Waals surface area contributed by atoms with E-state index in [1.807, 2.05) is 35.7 Å². The molecule has 2 heterocycles. The number of amides is 1. The Kier molecular flexibility index (Phi) is 5.25. The third-order valence-corrected chi connectivity index (χ3v) is 4.86. The minimum Gasteiger partial charge on any atom is -0.391 e. The summed E-state index contributed by atoms with van der Waals surface area (Å²) in [6.45, 7) is 1.13. The Bertz CT molecular complexity index is 618. The maximum Gasteiger partial charge on any atom is 0.242 e. The summed E-state index contributed by atoms with van der Waals surface area (Å²) in [5.41, 5.74) is 1.07. The van der Waals surface area contributed by atoms with Gasteiger partial charge in [0.2, 0.25) is 5.91 Å². The first kappa shape index (κ1) is 16.0. The van der Waals surface area contributed by atoms with Gasteiger partial charge in [-0.2, -0.15) is 0 Å². The van der Waals surface area contributed by atoms with Crippen molar-refractivity contribution in [2.75, 3.05) is 18.0 Å². The Morgan fingerprint density at radius 3 is 3.00 bits per heavy atom. The minimum absolute atomic E-state index is 0.0233. The van der Waals surface area contributed by atoms with Crippen molar-refractivity contribution in [1.82, 2.24) is 10.3 Å². The molecular formula is C17H21N3O2S. The van der Waals surface area contributed by atoms with Crippen LogP contribution < -0.4 is 10.2 Å². The fraction of sp³-hybridized carbons (Fsp3) is 0.412. The molecule has 2 aromatic rings. The Morgan fingerprint density at radius 2 is 2.26 bits per heavy atom. The molecule has 0 spiro atoms. The second-order valence-corrected chi connectivity index (χ2v) is 6.63. The van der Waals surface area contributed by atoms with Crippen LogP contribution >= 0.6 is 11.3 Å². The van der Waals surface area contributed by atoms with Gasteiger partial charge >= 0.3 is 0 Å². The number of benzene rings is 1. The molecule has 2 atom stereocenters. The van der Waals surface area contributed by atoms with Crippen molar-refractivity contribution in [3.05, 3.63) is 47.5 Å². The van der Waals surface area contributed by atoms with Crippen molar-refractivity contribution in [2.45, 2.75) is 31.4 Å². The van der Waals surface area contributed by atoms with Crippen LogP contribution in [-0.4, -0.2) is 41.2 Å². The molecule has 0 saturated carbocycles. The molecule has 0 bridgehead atoms. The molecule has 0 unspecified atom stereocenters. The minimum atomic E-state index is -0.573. The molecular weight excluding hydrogens is 310 g/mol. The summed E-state index contributed by atoms with van der Waals surface area (Å²) in [5.74, 6) is -0.0233. The highest BCUT2D eigenvalue weighted by Gasteiger charge is 2.32. The third-order valence-electron chi connectivity index (χ3n) is 4.05. The van der Waals surface area contributed by atoms with E-state index < -0.39 is 6.10 Å². The summed E-state index contributed by atoms with van der Waals surface area (Å²) < 4.78 is 0. The van der Waals surface area contributed by atoms with E-state index in [-0.39, 0.29) is 18.5 Å². The first-order valence-corrected chi connectivity index (χ1v) is 8.78. The van der Waals surface area contributed by atoms with Gasteiger partial charge in [-0.25, -0.2) is 4.98 Å². The smallest absolute Gasteiger partial charge is 0.242 e. The molecule has 1 aromatic carbocycles. The molecule has 122 valence electrons. The predicted molar refractivity (Wildman–Crippen MR) is 91.6 cm³/mol. The van der Waals surface area contributed by atoms with E-state index in [9.17, 15) is 9.90 Å². The number of thiazole rings is 1. The number of aliphatic hydroxyl groups is 1. The monoisotopic (exact) mass is 331 g/mol. The summed E-state index contributed by atoms with van der Waals surface area (Å²) in [4.78, 5) is 18.8. The first-order valence-electron chi connectivity index (χ1n) is 7.90. The molecule has 1 aliphatic rings. The van der Waals surface area contributed by atoms with Crippen molar-refractivity contribution in [3.63, 3.8) is 0 Å². The number of aliphatic hydroxyl groups excluding tert-OH is 1. The van der Waals surface area contributed by atoms with Crippen molar-refractivity contribution >= 4 is 22.4 Å². The van der Waals surface area contributed by atoms with Crippen molar-refractivity contribution in [3.8, 4) is 0 Å². The van der Waals surface area contributed by atoms with Crippen molar-refractivity contribution in [2.24, 2.45) is 0 Å². The number of carbonyl (C=O) groups excluding carboxylic acids is 1. The zero-order valence-electron chi connectivity index (χ0n) is 12.9. The van der Waals surface area contributed by atoms with E-state index in [0.29, 0.717) is 6.42 Å². The second kappa shape index (κ2) is 7.57. The Hall–Kier alpha value is -1.92. The average Bonchev–Trinajstić information content (AvgIpc) is 3.24. The quantitative estimate of drug-likeness (QED) is 0.848. The van der Waals surface area contributed by atoms with E-state index in [0.717, 1.165) is 30.1 Å². The largest absolute Gasteiger partial charge is 0.391 e. The topological polar surface area (TPSA) is 65.5 Å². The standard InChI is InChI=1S/C17H21N3O2S/c21-14(11-13-5-2-1-3-6-13)12-19-16(22)15-7-4-9-20(15)17-18-8-10-23-17/h1-3,5-6,8,10,14-15,21H,4,7,9,11-12H2,(H,19,22)/t14-,15-/m0/s1. The molecule has 0 radical (unpaired) electrons. The van der Waals surface area contributed by atoms with Gasteiger partial charge in [0.05, 0.1) is 6.10 Å². The number of nitrogens with zero attached hydrogens (tertiary/aromatic N) is 2. The van der Waals surface area contributed by atoms with E-state index >= 15 is 0 Å². The zero-order chi connectivity index (χ0) is 16.1. The highest BCUT2D eigenvalue weighted by atomic mass is 32.1. The van der Waals surface area contributed by atoms with Crippen LogP contribution in [0.5, 0.6) is 0 Å². The number of hydrogen-bond acceptors (Lipinski definition) is 5. The highest BCUT2D eigenvalue weighted by molar-refractivity contribution is 7.13. The Labute approximate surface area is 140 Å². The van der Waals surface area contributed by atoms with Crippen LogP contribution in [0.1, 0.15) is 18.4 Å².